The first kappa shape index (κ1) is 13.4. The van der Waals surface area contributed by atoms with Gasteiger partial charge in [-0.05, 0) is 47.7 Å². The van der Waals surface area contributed by atoms with Crippen LogP contribution in [0.2, 0.25) is 5.02 Å². The molecule has 94 valence electrons. The maximum Gasteiger partial charge on any atom is 0.252 e. The average Bonchev–Trinajstić information content (AvgIpc) is 2.85. The zero-order chi connectivity index (χ0) is 13.1. The van der Waals surface area contributed by atoms with Gasteiger partial charge >= 0.3 is 0 Å². The molecule has 1 amide bonds. The number of benzene rings is 1. The van der Waals surface area contributed by atoms with Crippen LogP contribution in [0, 0.1) is 3.57 Å². The minimum absolute atomic E-state index is 0.161. The lowest BCUT2D eigenvalue weighted by Crippen LogP contribution is -2.28. The monoisotopic (exact) mass is 375 g/mol. The van der Waals surface area contributed by atoms with Crippen molar-refractivity contribution in [1.29, 1.82) is 0 Å². The second kappa shape index (κ2) is 5.71. The molecular formula is C12H11ClIN3O. The lowest BCUT2D eigenvalue weighted by molar-refractivity contribution is 0.0937. The van der Waals surface area contributed by atoms with Gasteiger partial charge in [0.2, 0.25) is 0 Å². The second-order valence-electron chi connectivity index (χ2n) is 3.79. The van der Waals surface area contributed by atoms with Crippen molar-refractivity contribution in [2.45, 2.75) is 13.0 Å². The highest BCUT2D eigenvalue weighted by atomic mass is 127. The molecule has 4 nitrogen and oxygen atoms in total. The second-order valence-corrected chi connectivity index (χ2v) is 5.39. The van der Waals surface area contributed by atoms with Crippen LogP contribution in [-0.2, 0) is 0 Å². The molecule has 2 rings (SSSR count). The number of nitrogens with one attached hydrogen (secondary N) is 2. The van der Waals surface area contributed by atoms with E-state index in [1.165, 1.54) is 0 Å². The van der Waals surface area contributed by atoms with Crippen LogP contribution in [0.3, 0.4) is 0 Å². The number of aromatic amines is 1. The topological polar surface area (TPSA) is 57.8 Å². The fraction of sp³-hybridized carbons (Fsp3) is 0.167. The van der Waals surface area contributed by atoms with Crippen LogP contribution in [0.1, 0.15) is 29.1 Å². The van der Waals surface area contributed by atoms with Crippen molar-refractivity contribution in [3.63, 3.8) is 0 Å². The third kappa shape index (κ3) is 3.02. The Morgan fingerprint density at radius 3 is 3.00 bits per heavy atom. The van der Waals surface area contributed by atoms with Crippen molar-refractivity contribution in [2.75, 3.05) is 0 Å². The quantitative estimate of drug-likeness (QED) is 0.810. The summed E-state index contributed by atoms with van der Waals surface area (Å²) in [5, 5.41) is 3.42. The number of imidazole rings is 1. The van der Waals surface area contributed by atoms with Crippen LogP contribution >= 0.6 is 34.2 Å². The molecule has 1 heterocycles. The number of halogens is 2. The molecule has 18 heavy (non-hydrogen) atoms. The summed E-state index contributed by atoms with van der Waals surface area (Å²) in [6, 6.07) is 5.06. The number of carbonyl (C=O) groups excluding carboxylic acids is 1. The van der Waals surface area contributed by atoms with Gasteiger partial charge in [-0.3, -0.25) is 4.79 Å². The van der Waals surface area contributed by atoms with E-state index in [2.05, 4.69) is 37.9 Å². The lowest BCUT2D eigenvalue weighted by Gasteiger charge is -2.12. The number of hydrogen-bond acceptors (Lipinski definition) is 2. The molecule has 0 aliphatic carbocycles. The highest BCUT2D eigenvalue weighted by Gasteiger charge is 2.15. The van der Waals surface area contributed by atoms with Crippen molar-refractivity contribution < 1.29 is 4.79 Å². The molecule has 0 aliphatic rings. The Balaban J connectivity index is 2.15. The molecule has 6 heteroatoms. The van der Waals surface area contributed by atoms with E-state index in [9.17, 15) is 4.79 Å². The Morgan fingerprint density at radius 2 is 2.33 bits per heavy atom. The smallest absolute Gasteiger partial charge is 0.252 e. The molecular weight excluding hydrogens is 365 g/mol. The molecule has 2 N–H and O–H groups in total. The van der Waals surface area contributed by atoms with E-state index in [1.807, 2.05) is 13.0 Å². The summed E-state index contributed by atoms with van der Waals surface area (Å²) in [5.41, 5.74) is 0.571. The van der Waals surface area contributed by atoms with Gasteiger partial charge in [0, 0.05) is 21.0 Å². The van der Waals surface area contributed by atoms with E-state index in [0.29, 0.717) is 10.6 Å². The van der Waals surface area contributed by atoms with E-state index >= 15 is 0 Å². The molecule has 1 unspecified atom stereocenters. The van der Waals surface area contributed by atoms with Gasteiger partial charge in [-0.2, -0.15) is 0 Å². The molecule has 1 atom stereocenters. The third-order valence-electron chi connectivity index (χ3n) is 2.45. The molecule has 0 fully saturated rings. The molecule has 1 aromatic heterocycles. The van der Waals surface area contributed by atoms with Gasteiger partial charge in [-0.1, -0.05) is 11.6 Å². The number of H-pyrrole nitrogens is 1. The van der Waals surface area contributed by atoms with Gasteiger partial charge < -0.3 is 10.3 Å². The number of nitrogens with zero attached hydrogens (tertiary/aromatic N) is 1. The SMILES string of the molecule is CC(NC(=O)c1cc(Cl)ccc1I)c1ncc[nH]1. The summed E-state index contributed by atoms with van der Waals surface area (Å²) in [4.78, 5) is 19.2. The number of amides is 1. The van der Waals surface area contributed by atoms with Gasteiger partial charge in [0.05, 0.1) is 11.6 Å². The molecule has 1 aromatic carbocycles. The van der Waals surface area contributed by atoms with Crippen molar-refractivity contribution in [3.05, 3.63) is 50.6 Å². The summed E-state index contributed by atoms with van der Waals surface area (Å²) >= 11 is 8.00. The van der Waals surface area contributed by atoms with Crippen molar-refractivity contribution in [1.82, 2.24) is 15.3 Å². The number of carbonyl (C=O) groups is 1. The summed E-state index contributed by atoms with van der Waals surface area (Å²) < 4.78 is 0.862. The molecule has 0 radical (unpaired) electrons. The first-order chi connectivity index (χ1) is 8.58. The number of rotatable bonds is 3. The van der Waals surface area contributed by atoms with Crippen molar-refractivity contribution in [2.24, 2.45) is 0 Å². The van der Waals surface area contributed by atoms with E-state index in [1.54, 1.807) is 24.5 Å². The van der Waals surface area contributed by atoms with E-state index in [0.717, 1.165) is 9.39 Å². The van der Waals surface area contributed by atoms with Gasteiger partial charge in [-0.25, -0.2) is 4.98 Å². The molecule has 0 aliphatic heterocycles. The van der Waals surface area contributed by atoms with Crippen molar-refractivity contribution >= 4 is 40.1 Å². The normalized spacial score (nSPS) is 12.2. The Morgan fingerprint density at radius 1 is 1.56 bits per heavy atom. The van der Waals surface area contributed by atoms with E-state index in [-0.39, 0.29) is 11.9 Å². The predicted molar refractivity (Wildman–Crippen MR) is 78.6 cm³/mol. The fourth-order valence-corrected chi connectivity index (χ4v) is 2.28. The van der Waals surface area contributed by atoms with Crippen LogP contribution in [0.25, 0.3) is 0 Å². The van der Waals surface area contributed by atoms with E-state index in [4.69, 9.17) is 11.6 Å². The van der Waals surface area contributed by atoms with Crippen LogP contribution < -0.4 is 5.32 Å². The van der Waals surface area contributed by atoms with Crippen LogP contribution in [-0.4, -0.2) is 15.9 Å². The minimum atomic E-state index is -0.178. The Kier molecular flexibility index (Phi) is 4.23. The Hall–Kier alpha value is -1.08. The van der Waals surface area contributed by atoms with Gasteiger partial charge in [0.25, 0.3) is 5.91 Å². The minimum Gasteiger partial charge on any atom is -0.347 e. The van der Waals surface area contributed by atoms with Gasteiger partial charge in [0.1, 0.15) is 5.82 Å². The largest absolute Gasteiger partial charge is 0.347 e. The van der Waals surface area contributed by atoms with Gasteiger partial charge in [0.15, 0.2) is 0 Å². The lowest BCUT2D eigenvalue weighted by atomic mass is 10.2. The maximum absolute atomic E-state index is 12.1. The first-order valence-corrected chi connectivity index (χ1v) is 6.79. The molecule has 0 saturated heterocycles. The summed E-state index contributed by atoms with van der Waals surface area (Å²) in [6.45, 7) is 1.87. The van der Waals surface area contributed by atoms with Gasteiger partial charge in [-0.15, -0.1) is 0 Å². The number of hydrogen-bond donors (Lipinski definition) is 2. The molecule has 0 bridgehead atoms. The maximum atomic E-state index is 12.1. The Bertz CT molecular complexity index is 556. The molecule has 0 saturated carbocycles. The molecule has 2 aromatic rings. The van der Waals surface area contributed by atoms with Crippen molar-refractivity contribution in [3.8, 4) is 0 Å². The fourth-order valence-electron chi connectivity index (χ4n) is 1.53. The van der Waals surface area contributed by atoms with Crippen LogP contribution in [0.4, 0.5) is 0 Å². The first-order valence-electron chi connectivity index (χ1n) is 5.33. The highest BCUT2D eigenvalue weighted by Crippen LogP contribution is 2.18. The predicted octanol–water partition coefficient (Wildman–Crippen LogP) is 3.16. The number of aromatic nitrogens is 2. The highest BCUT2D eigenvalue weighted by molar-refractivity contribution is 14.1. The molecule has 0 spiro atoms. The summed E-state index contributed by atoms with van der Waals surface area (Å²) in [6.07, 6.45) is 3.38. The average molecular weight is 376 g/mol. The standard InChI is InChI=1S/C12H11ClIN3O/c1-7(11-15-4-5-16-11)17-12(18)9-6-8(13)2-3-10(9)14/h2-7H,1H3,(H,15,16)(H,17,18). The summed E-state index contributed by atoms with van der Waals surface area (Å²) in [7, 11) is 0. The van der Waals surface area contributed by atoms with E-state index < -0.39 is 0 Å². The summed E-state index contributed by atoms with van der Waals surface area (Å²) in [5.74, 6) is 0.561. The van der Waals surface area contributed by atoms with Crippen LogP contribution in [0.5, 0.6) is 0 Å². The third-order valence-corrected chi connectivity index (χ3v) is 3.63. The Labute approximate surface area is 123 Å². The zero-order valence-electron chi connectivity index (χ0n) is 9.58. The van der Waals surface area contributed by atoms with Crippen LogP contribution in [0.15, 0.2) is 30.6 Å². The zero-order valence-corrected chi connectivity index (χ0v) is 12.5.